The Kier molecular flexibility index (Phi) is 4.55. The summed E-state index contributed by atoms with van der Waals surface area (Å²) in [7, 11) is 0. The van der Waals surface area contributed by atoms with E-state index >= 15 is 0 Å². The average Bonchev–Trinajstić information content (AvgIpc) is 3.26. The van der Waals surface area contributed by atoms with Crippen LogP contribution in [-0.2, 0) is 11.3 Å². The van der Waals surface area contributed by atoms with Gasteiger partial charge in [-0.15, -0.1) is 0 Å². The van der Waals surface area contributed by atoms with Crippen LogP contribution in [0.2, 0.25) is 0 Å². The van der Waals surface area contributed by atoms with Gasteiger partial charge in [-0.2, -0.15) is 4.98 Å². The van der Waals surface area contributed by atoms with E-state index in [-0.39, 0.29) is 17.6 Å². The van der Waals surface area contributed by atoms with Gasteiger partial charge in [0.15, 0.2) is 0 Å². The third-order valence-electron chi connectivity index (χ3n) is 4.40. The molecule has 5 nitrogen and oxygen atoms in total. The van der Waals surface area contributed by atoms with Crippen molar-refractivity contribution in [3.05, 3.63) is 70.3 Å². The summed E-state index contributed by atoms with van der Waals surface area (Å²) in [5.41, 5.74) is 1.74. The van der Waals surface area contributed by atoms with Gasteiger partial charge in [0.05, 0.1) is 10.4 Å². The largest absolute Gasteiger partial charge is 0.339 e. The fourth-order valence-electron chi connectivity index (χ4n) is 3.05. The number of likely N-dealkylation sites (tertiary alicyclic amines) is 1. The van der Waals surface area contributed by atoms with Gasteiger partial charge in [0.2, 0.25) is 17.6 Å². The molecule has 0 N–H and O–H groups in total. The van der Waals surface area contributed by atoms with Crippen LogP contribution in [0.3, 0.4) is 0 Å². The molecule has 1 unspecified atom stereocenters. The number of aromatic nitrogens is 2. The fourth-order valence-corrected chi connectivity index (χ4v) is 3.43. The summed E-state index contributed by atoms with van der Waals surface area (Å²) in [5, 5.41) is 3.98. The molecule has 7 heteroatoms. The van der Waals surface area contributed by atoms with Crippen molar-refractivity contribution in [2.75, 3.05) is 6.54 Å². The molecule has 2 heterocycles. The SMILES string of the molecule is O=C1CC(c2nc(-c3ccc(F)c(Br)c3)no2)CN1Cc1ccccc1. The third kappa shape index (κ3) is 3.39. The lowest BCUT2D eigenvalue weighted by Crippen LogP contribution is -2.24. The normalized spacial score (nSPS) is 17.1. The van der Waals surface area contributed by atoms with E-state index < -0.39 is 0 Å². The van der Waals surface area contributed by atoms with Crippen LogP contribution in [0.4, 0.5) is 4.39 Å². The Morgan fingerprint density at radius 1 is 1.23 bits per heavy atom. The van der Waals surface area contributed by atoms with Crippen molar-refractivity contribution >= 4 is 21.8 Å². The molecule has 0 radical (unpaired) electrons. The quantitative estimate of drug-likeness (QED) is 0.641. The van der Waals surface area contributed by atoms with E-state index in [9.17, 15) is 9.18 Å². The molecule has 132 valence electrons. The van der Waals surface area contributed by atoms with Crippen LogP contribution >= 0.6 is 15.9 Å². The van der Waals surface area contributed by atoms with E-state index in [2.05, 4.69) is 26.1 Å². The van der Waals surface area contributed by atoms with Gasteiger partial charge in [0, 0.05) is 25.1 Å². The molecule has 2 aromatic carbocycles. The Labute approximate surface area is 158 Å². The van der Waals surface area contributed by atoms with Crippen LogP contribution in [0.15, 0.2) is 57.5 Å². The summed E-state index contributed by atoms with van der Waals surface area (Å²) < 4.78 is 19.1. The maximum atomic E-state index is 13.4. The molecule has 1 fully saturated rings. The molecule has 4 rings (SSSR count). The molecule has 1 atom stereocenters. The first kappa shape index (κ1) is 16.9. The standard InChI is InChI=1S/C19H15BrFN3O2/c20-15-8-13(6-7-16(15)21)18-22-19(26-23-18)14-9-17(25)24(11-14)10-12-4-2-1-3-5-12/h1-8,14H,9-11H2. The summed E-state index contributed by atoms with van der Waals surface area (Å²) >= 11 is 3.15. The van der Waals surface area contributed by atoms with Crippen molar-refractivity contribution in [3.63, 3.8) is 0 Å². The molecule has 1 aliphatic rings. The summed E-state index contributed by atoms with van der Waals surface area (Å²) in [5.74, 6) is 0.411. The van der Waals surface area contributed by atoms with Gasteiger partial charge in [-0.05, 0) is 39.7 Å². The Morgan fingerprint density at radius 2 is 2.04 bits per heavy atom. The zero-order valence-corrected chi connectivity index (χ0v) is 15.3. The van der Waals surface area contributed by atoms with E-state index in [0.717, 1.165) is 5.56 Å². The molecule has 1 saturated heterocycles. The molecule has 0 saturated carbocycles. The van der Waals surface area contributed by atoms with Gasteiger partial charge in [0.25, 0.3) is 0 Å². The number of carbonyl (C=O) groups excluding carboxylic acids is 1. The van der Waals surface area contributed by atoms with E-state index in [1.165, 1.54) is 6.07 Å². The first-order valence-corrected chi connectivity index (χ1v) is 9.00. The molecular weight excluding hydrogens is 401 g/mol. The predicted molar refractivity (Wildman–Crippen MR) is 96.6 cm³/mol. The van der Waals surface area contributed by atoms with Crippen LogP contribution in [0, 0.1) is 5.82 Å². The molecule has 26 heavy (non-hydrogen) atoms. The number of nitrogens with zero attached hydrogens (tertiary/aromatic N) is 3. The number of amides is 1. The molecule has 1 aromatic heterocycles. The van der Waals surface area contributed by atoms with E-state index in [1.54, 1.807) is 17.0 Å². The molecule has 1 aliphatic heterocycles. The maximum Gasteiger partial charge on any atom is 0.232 e. The molecular formula is C19H15BrFN3O2. The molecule has 1 amide bonds. The Hall–Kier alpha value is -2.54. The number of hydrogen-bond donors (Lipinski definition) is 0. The average molecular weight is 416 g/mol. The van der Waals surface area contributed by atoms with Crippen LogP contribution < -0.4 is 0 Å². The van der Waals surface area contributed by atoms with Crippen molar-refractivity contribution in [3.8, 4) is 11.4 Å². The number of hydrogen-bond acceptors (Lipinski definition) is 4. The minimum atomic E-state index is -0.351. The lowest BCUT2D eigenvalue weighted by molar-refractivity contribution is -0.128. The van der Waals surface area contributed by atoms with Crippen LogP contribution in [0.25, 0.3) is 11.4 Å². The highest BCUT2D eigenvalue weighted by molar-refractivity contribution is 9.10. The van der Waals surface area contributed by atoms with Gasteiger partial charge in [0.1, 0.15) is 5.82 Å². The summed E-state index contributed by atoms with van der Waals surface area (Å²) in [6.45, 7) is 1.12. The monoisotopic (exact) mass is 415 g/mol. The topological polar surface area (TPSA) is 59.2 Å². The van der Waals surface area contributed by atoms with E-state index in [1.807, 2.05) is 30.3 Å². The van der Waals surface area contributed by atoms with Crippen molar-refractivity contribution in [1.29, 1.82) is 0 Å². The first-order chi connectivity index (χ1) is 12.6. The molecule has 0 bridgehead atoms. The lowest BCUT2D eigenvalue weighted by atomic mass is 10.1. The van der Waals surface area contributed by atoms with E-state index in [4.69, 9.17) is 4.52 Å². The van der Waals surface area contributed by atoms with Gasteiger partial charge in [-0.25, -0.2) is 4.39 Å². The van der Waals surface area contributed by atoms with Gasteiger partial charge in [-0.3, -0.25) is 4.79 Å². The highest BCUT2D eigenvalue weighted by Gasteiger charge is 2.34. The zero-order valence-electron chi connectivity index (χ0n) is 13.7. The molecule has 0 aliphatic carbocycles. The Bertz CT molecular complexity index is 945. The number of rotatable bonds is 4. The number of benzene rings is 2. The number of carbonyl (C=O) groups is 1. The van der Waals surface area contributed by atoms with Gasteiger partial charge < -0.3 is 9.42 Å². The first-order valence-electron chi connectivity index (χ1n) is 8.21. The second kappa shape index (κ2) is 6.99. The second-order valence-electron chi connectivity index (χ2n) is 6.25. The minimum Gasteiger partial charge on any atom is -0.339 e. The van der Waals surface area contributed by atoms with Crippen molar-refractivity contribution in [1.82, 2.24) is 15.0 Å². The van der Waals surface area contributed by atoms with Crippen molar-refractivity contribution < 1.29 is 13.7 Å². The fraction of sp³-hybridized carbons (Fsp3) is 0.211. The predicted octanol–water partition coefficient (Wildman–Crippen LogP) is 4.15. The third-order valence-corrected chi connectivity index (χ3v) is 5.01. The van der Waals surface area contributed by atoms with Gasteiger partial charge >= 0.3 is 0 Å². The second-order valence-corrected chi connectivity index (χ2v) is 7.10. The Balaban J connectivity index is 1.49. The van der Waals surface area contributed by atoms with Crippen LogP contribution in [0.1, 0.15) is 23.8 Å². The molecule has 0 spiro atoms. The summed E-state index contributed by atoms with van der Waals surface area (Å²) in [6.07, 6.45) is 0.349. The molecule has 3 aromatic rings. The van der Waals surface area contributed by atoms with E-state index in [0.29, 0.717) is 41.3 Å². The highest BCUT2D eigenvalue weighted by atomic mass is 79.9. The zero-order chi connectivity index (χ0) is 18.1. The minimum absolute atomic E-state index is 0.0723. The lowest BCUT2D eigenvalue weighted by Gasteiger charge is -2.15. The summed E-state index contributed by atoms with van der Waals surface area (Å²) in [4.78, 5) is 18.5. The van der Waals surface area contributed by atoms with Crippen LogP contribution in [0.5, 0.6) is 0 Å². The van der Waals surface area contributed by atoms with Crippen molar-refractivity contribution in [2.45, 2.75) is 18.9 Å². The number of halogens is 2. The highest BCUT2D eigenvalue weighted by Crippen LogP contribution is 2.30. The van der Waals surface area contributed by atoms with Crippen molar-refractivity contribution in [2.24, 2.45) is 0 Å². The maximum absolute atomic E-state index is 13.4. The van der Waals surface area contributed by atoms with Gasteiger partial charge in [-0.1, -0.05) is 35.5 Å². The summed E-state index contributed by atoms with van der Waals surface area (Å²) in [6, 6.07) is 14.4. The van der Waals surface area contributed by atoms with Crippen LogP contribution in [-0.4, -0.2) is 27.5 Å². The Morgan fingerprint density at radius 3 is 2.81 bits per heavy atom. The smallest absolute Gasteiger partial charge is 0.232 e.